The number of hydrogen-bond donors (Lipinski definition) is 2. The molecule has 0 spiro atoms. The molecule has 0 aliphatic heterocycles. The molecule has 0 saturated carbocycles. The molecule has 0 aliphatic carbocycles. The van der Waals surface area contributed by atoms with Gasteiger partial charge in [-0.2, -0.15) is 0 Å². The lowest BCUT2D eigenvalue weighted by atomic mass is 10.4. The molecule has 74 valence electrons. The zero-order chi connectivity index (χ0) is 9.80. The Kier molecular flexibility index (Phi) is 2.60. The summed E-state index contributed by atoms with van der Waals surface area (Å²) in [6, 6.07) is 0. The van der Waals surface area contributed by atoms with Gasteiger partial charge in [0.2, 0.25) is 0 Å². The van der Waals surface area contributed by atoms with E-state index >= 15 is 0 Å². The number of aromatic amines is 2. The maximum Gasteiger partial charge on any atom is 0.0922 e. The van der Waals surface area contributed by atoms with Crippen molar-refractivity contribution < 1.29 is 0 Å². The third-order valence-electron chi connectivity index (χ3n) is 1.99. The van der Waals surface area contributed by atoms with Gasteiger partial charge in [-0.05, 0) is 7.05 Å². The quantitative estimate of drug-likeness (QED) is 0.750. The lowest BCUT2D eigenvalue weighted by Gasteiger charge is -2.13. The van der Waals surface area contributed by atoms with Gasteiger partial charge in [0.1, 0.15) is 0 Å². The van der Waals surface area contributed by atoms with Gasteiger partial charge in [0.15, 0.2) is 0 Å². The second-order valence-electron chi connectivity index (χ2n) is 3.33. The average Bonchev–Trinajstić information content (AvgIpc) is 2.76. The molecule has 0 saturated heterocycles. The van der Waals surface area contributed by atoms with Gasteiger partial charge in [-0.25, -0.2) is 9.97 Å². The van der Waals surface area contributed by atoms with Gasteiger partial charge in [0.25, 0.3) is 0 Å². The summed E-state index contributed by atoms with van der Waals surface area (Å²) in [7, 11) is 2.06. The molecule has 0 unspecified atom stereocenters. The van der Waals surface area contributed by atoms with E-state index in [0.717, 1.165) is 24.5 Å². The highest BCUT2D eigenvalue weighted by Gasteiger charge is 2.02. The largest absolute Gasteiger partial charge is 0.347 e. The monoisotopic (exact) mass is 191 g/mol. The van der Waals surface area contributed by atoms with E-state index in [1.54, 1.807) is 12.7 Å². The van der Waals surface area contributed by atoms with Crippen LogP contribution in [0.2, 0.25) is 0 Å². The van der Waals surface area contributed by atoms with E-state index in [1.807, 2.05) is 12.4 Å². The Hall–Kier alpha value is -1.62. The van der Waals surface area contributed by atoms with Crippen LogP contribution in [0.5, 0.6) is 0 Å². The number of aromatic nitrogens is 4. The van der Waals surface area contributed by atoms with E-state index in [4.69, 9.17) is 0 Å². The topological polar surface area (TPSA) is 60.6 Å². The molecule has 0 fully saturated rings. The fourth-order valence-electron chi connectivity index (χ4n) is 1.38. The van der Waals surface area contributed by atoms with Crippen LogP contribution in [0.1, 0.15) is 11.4 Å². The van der Waals surface area contributed by atoms with Crippen molar-refractivity contribution in [3.8, 4) is 0 Å². The second kappa shape index (κ2) is 4.06. The normalized spacial score (nSPS) is 11.0. The first-order valence-corrected chi connectivity index (χ1v) is 4.47. The average molecular weight is 191 g/mol. The minimum atomic E-state index is 0.860. The van der Waals surface area contributed by atoms with Gasteiger partial charge in [-0.15, -0.1) is 0 Å². The van der Waals surface area contributed by atoms with Crippen LogP contribution < -0.4 is 0 Å². The molecule has 0 amide bonds. The van der Waals surface area contributed by atoms with Crippen molar-refractivity contribution in [3.63, 3.8) is 0 Å². The zero-order valence-corrected chi connectivity index (χ0v) is 8.07. The SMILES string of the molecule is CN(Cc1cnc[nH]1)Cc1cnc[nH]1. The molecular formula is C9H13N5. The Morgan fingerprint density at radius 2 is 1.57 bits per heavy atom. The van der Waals surface area contributed by atoms with Crippen LogP contribution in [-0.2, 0) is 13.1 Å². The molecule has 0 bridgehead atoms. The molecule has 0 radical (unpaired) electrons. The van der Waals surface area contributed by atoms with Gasteiger partial charge in [0, 0.05) is 36.9 Å². The van der Waals surface area contributed by atoms with Crippen molar-refractivity contribution in [2.45, 2.75) is 13.1 Å². The predicted octanol–water partition coefficient (Wildman–Crippen LogP) is 0.765. The molecule has 2 aromatic rings. The van der Waals surface area contributed by atoms with Crippen LogP contribution in [0.15, 0.2) is 25.0 Å². The van der Waals surface area contributed by atoms with Gasteiger partial charge in [0.05, 0.1) is 12.7 Å². The van der Waals surface area contributed by atoms with Crippen molar-refractivity contribution in [2.75, 3.05) is 7.05 Å². The highest BCUT2D eigenvalue weighted by atomic mass is 15.1. The number of nitrogens with zero attached hydrogens (tertiary/aromatic N) is 3. The van der Waals surface area contributed by atoms with Crippen LogP contribution in [0.25, 0.3) is 0 Å². The Bertz CT molecular complexity index is 314. The Morgan fingerprint density at radius 1 is 1.07 bits per heavy atom. The maximum atomic E-state index is 3.97. The number of nitrogens with one attached hydrogen (secondary N) is 2. The molecule has 2 aromatic heterocycles. The Labute approximate surface area is 82.2 Å². The van der Waals surface area contributed by atoms with Gasteiger partial charge in [-0.3, -0.25) is 4.90 Å². The van der Waals surface area contributed by atoms with Crippen molar-refractivity contribution in [1.29, 1.82) is 0 Å². The van der Waals surface area contributed by atoms with E-state index in [-0.39, 0.29) is 0 Å². The van der Waals surface area contributed by atoms with E-state index < -0.39 is 0 Å². The van der Waals surface area contributed by atoms with Gasteiger partial charge >= 0.3 is 0 Å². The van der Waals surface area contributed by atoms with Crippen molar-refractivity contribution in [3.05, 3.63) is 36.4 Å². The van der Waals surface area contributed by atoms with Crippen molar-refractivity contribution in [1.82, 2.24) is 24.8 Å². The molecule has 2 N–H and O–H groups in total. The summed E-state index contributed by atoms with van der Waals surface area (Å²) >= 11 is 0. The van der Waals surface area contributed by atoms with Gasteiger partial charge in [-0.1, -0.05) is 0 Å². The minimum Gasteiger partial charge on any atom is -0.347 e. The fraction of sp³-hybridized carbons (Fsp3) is 0.333. The van der Waals surface area contributed by atoms with E-state index in [1.165, 1.54) is 0 Å². The first-order valence-electron chi connectivity index (χ1n) is 4.47. The second-order valence-corrected chi connectivity index (χ2v) is 3.33. The number of hydrogen-bond acceptors (Lipinski definition) is 3. The molecule has 0 aromatic carbocycles. The predicted molar refractivity (Wildman–Crippen MR) is 52.3 cm³/mol. The van der Waals surface area contributed by atoms with E-state index in [0.29, 0.717) is 0 Å². The first-order chi connectivity index (χ1) is 6.84. The van der Waals surface area contributed by atoms with Crippen molar-refractivity contribution in [2.24, 2.45) is 0 Å². The smallest absolute Gasteiger partial charge is 0.0922 e. The molecule has 5 nitrogen and oxygen atoms in total. The summed E-state index contributed by atoms with van der Waals surface area (Å²) in [6.45, 7) is 1.72. The highest BCUT2D eigenvalue weighted by Crippen LogP contribution is 2.02. The summed E-state index contributed by atoms with van der Waals surface area (Å²) in [5.74, 6) is 0. The summed E-state index contributed by atoms with van der Waals surface area (Å²) in [6.07, 6.45) is 7.06. The van der Waals surface area contributed by atoms with Crippen LogP contribution >= 0.6 is 0 Å². The third-order valence-corrected chi connectivity index (χ3v) is 1.99. The van der Waals surface area contributed by atoms with Crippen LogP contribution in [0.4, 0.5) is 0 Å². The highest BCUT2D eigenvalue weighted by molar-refractivity contribution is 4.97. The Morgan fingerprint density at radius 3 is 1.93 bits per heavy atom. The molecule has 2 heterocycles. The summed E-state index contributed by atoms with van der Waals surface area (Å²) in [5, 5.41) is 0. The molecule has 2 rings (SSSR count). The summed E-state index contributed by atoms with van der Waals surface area (Å²) < 4.78 is 0. The number of H-pyrrole nitrogens is 2. The molecule has 5 heteroatoms. The fourth-order valence-corrected chi connectivity index (χ4v) is 1.38. The maximum absolute atomic E-state index is 3.97. The number of imidazole rings is 2. The summed E-state index contributed by atoms with van der Waals surface area (Å²) in [4.78, 5) is 16.3. The minimum absolute atomic E-state index is 0.860. The van der Waals surface area contributed by atoms with E-state index in [9.17, 15) is 0 Å². The van der Waals surface area contributed by atoms with E-state index in [2.05, 4.69) is 31.9 Å². The van der Waals surface area contributed by atoms with Gasteiger partial charge < -0.3 is 9.97 Å². The first kappa shape index (κ1) is 8.96. The van der Waals surface area contributed by atoms with Crippen LogP contribution in [-0.4, -0.2) is 31.9 Å². The lowest BCUT2D eigenvalue weighted by molar-refractivity contribution is 0.312. The van der Waals surface area contributed by atoms with Crippen LogP contribution in [0.3, 0.4) is 0 Å². The Balaban J connectivity index is 1.88. The summed E-state index contributed by atoms with van der Waals surface area (Å²) in [5.41, 5.74) is 2.24. The zero-order valence-electron chi connectivity index (χ0n) is 8.07. The van der Waals surface area contributed by atoms with Crippen LogP contribution in [0, 0.1) is 0 Å². The molecule has 0 atom stereocenters. The molecule has 0 aliphatic rings. The lowest BCUT2D eigenvalue weighted by Crippen LogP contribution is -2.17. The number of rotatable bonds is 4. The molecule has 14 heavy (non-hydrogen) atoms. The third kappa shape index (κ3) is 2.20. The van der Waals surface area contributed by atoms with Crippen molar-refractivity contribution >= 4 is 0 Å². The standard InChI is InChI=1S/C9H13N5/c1-14(4-8-2-10-6-12-8)5-9-3-11-7-13-9/h2-3,6-7H,4-5H2,1H3,(H,10,12)(H,11,13). The molecular weight excluding hydrogens is 178 g/mol.